The van der Waals surface area contributed by atoms with E-state index in [-0.39, 0.29) is 5.82 Å². The highest BCUT2D eigenvalue weighted by Gasteiger charge is 2.35. The van der Waals surface area contributed by atoms with E-state index in [1.54, 1.807) is 6.07 Å². The number of halogens is 1. The molecule has 6 heteroatoms. The van der Waals surface area contributed by atoms with Crippen molar-refractivity contribution in [1.82, 2.24) is 9.55 Å². The molecule has 1 unspecified atom stereocenters. The number of carbonyl (C=O) groups excluding carboxylic acids is 1. The molecule has 1 aliphatic rings. The number of rotatable bonds is 3. The third kappa shape index (κ3) is 2.45. The molecule has 0 radical (unpaired) electrons. The lowest BCUT2D eigenvalue weighted by molar-refractivity contribution is -0.136. The smallest absolute Gasteiger partial charge is 0.338 e. The molecule has 1 atom stereocenters. The van der Waals surface area contributed by atoms with E-state index in [0.717, 1.165) is 16.7 Å². The number of para-hydroxylation sites is 2. The van der Waals surface area contributed by atoms with Gasteiger partial charge in [0.1, 0.15) is 5.82 Å². The van der Waals surface area contributed by atoms with Crippen LogP contribution in [0.2, 0.25) is 0 Å². The Kier molecular flexibility index (Phi) is 3.95. The molecule has 0 bridgehead atoms. The minimum absolute atomic E-state index is 0.353. The molecule has 0 saturated heterocycles. The summed E-state index contributed by atoms with van der Waals surface area (Å²) < 4.78 is 20.9. The standard InChI is InChI=1S/C20H18FN3O2/c1-3-14-17(19(25)26-2)18(12-7-6-8-13(21)11-12)24-16-10-5-4-9-15(16)23-20(24)22-14/h4-11,18H,3H2,1-2H3,(H,22,23). The molecule has 0 amide bonds. The predicted octanol–water partition coefficient (Wildman–Crippen LogP) is 4.03. The molecule has 2 heterocycles. The highest BCUT2D eigenvalue weighted by Crippen LogP contribution is 2.40. The van der Waals surface area contributed by atoms with E-state index in [9.17, 15) is 9.18 Å². The first kappa shape index (κ1) is 16.3. The highest BCUT2D eigenvalue weighted by molar-refractivity contribution is 5.94. The number of methoxy groups -OCH3 is 1. The molecule has 4 rings (SSSR count). The zero-order valence-corrected chi connectivity index (χ0v) is 14.5. The summed E-state index contributed by atoms with van der Waals surface area (Å²) >= 11 is 0. The molecule has 1 aliphatic heterocycles. The third-order valence-electron chi connectivity index (χ3n) is 4.64. The van der Waals surface area contributed by atoms with Crippen molar-refractivity contribution in [2.45, 2.75) is 19.4 Å². The summed E-state index contributed by atoms with van der Waals surface area (Å²) in [5.41, 5.74) is 3.53. The van der Waals surface area contributed by atoms with Gasteiger partial charge in [-0.15, -0.1) is 0 Å². The highest BCUT2D eigenvalue weighted by atomic mass is 19.1. The summed E-state index contributed by atoms with van der Waals surface area (Å²) in [6.45, 7) is 1.95. The number of hydrogen-bond donors (Lipinski definition) is 1. The van der Waals surface area contributed by atoms with Gasteiger partial charge < -0.3 is 10.1 Å². The second-order valence-corrected chi connectivity index (χ2v) is 6.11. The minimum Gasteiger partial charge on any atom is -0.466 e. The molecular weight excluding hydrogens is 333 g/mol. The van der Waals surface area contributed by atoms with Gasteiger partial charge in [0, 0.05) is 5.70 Å². The van der Waals surface area contributed by atoms with Gasteiger partial charge in [-0.3, -0.25) is 4.57 Å². The van der Waals surface area contributed by atoms with Gasteiger partial charge in [-0.05, 0) is 36.2 Å². The van der Waals surface area contributed by atoms with Crippen molar-refractivity contribution in [1.29, 1.82) is 0 Å². The zero-order valence-electron chi connectivity index (χ0n) is 14.5. The largest absolute Gasteiger partial charge is 0.466 e. The van der Waals surface area contributed by atoms with E-state index in [1.165, 1.54) is 19.2 Å². The lowest BCUT2D eigenvalue weighted by Crippen LogP contribution is -2.29. The number of esters is 1. The fourth-order valence-corrected chi connectivity index (χ4v) is 3.51. The molecule has 0 aliphatic carbocycles. The van der Waals surface area contributed by atoms with Crippen molar-refractivity contribution in [2.75, 3.05) is 12.4 Å². The Morgan fingerprint density at radius 1 is 1.27 bits per heavy atom. The Balaban J connectivity index is 2.04. The van der Waals surface area contributed by atoms with E-state index in [0.29, 0.717) is 23.5 Å². The van der Waals surface area contributed by atoms with Crippen LogP contribution in [-0.4, -0.2) is 22.6 Å². The molecule has 0 saturated carbocycles. The van der Waals surface area contributed by atoms with Crippen LogP contribution in [0.3, 0.4) is 0 Å². The van der Waals surface area contributed by atoms with Crippen molar-refractivity contribution in [3.05, 3.63) is 71.2 Å². The van der Waals surface area contributed by atoms with Crippen LogP contribution in [0.25, 0.3) is 11.0 Å². The lowest BCUT2D eigenvalue weighted by atomic mass is 9.94. The van der Waals surface area contributed by atoms with Gasteiger partial charge >= 0.3 is 5.97 Å². The molecule has 2 aromatic carbocycles. The van der Waals surface area contributed by atoms with E-state index in [1.807, 2.05) is 41.8 Å². The molecule has 0 spiro atoms. The third-order valence-corrected chi connectivity index (χ3v) is 4.64. The molecule has 26 heavy (non-hydrogen) atoms. The second-order valence-electron chi connectivity index (χ2n) is 6.11. The van der Waals surface area contributed by atoms with Crippen LogP contribution in [0.5, 0.6) is 0 Å². The van der Waals surface area contributed by atoms with Crippen LogP contribution in [0.1, 0.15) is 24.9 Å². The average molecular weight is 351 g/mol. The maximum absolute atomic E-state index is 14.0. The number of anilines is 1. The molecule has 5 nitrogen and oxygen atoms in total. The predicted molar refractivity (Wildman–Crippen MR) is 97.2 cm³/mol. The van der Waals surface area contributed by atoms with Crippen molar-refractivity contribution >= 4 is 23.0 Å². The second kappa shape index (κ2) is 6.29. The summed E-state index contributed by atoms with van der Waals surface area (Å²) in [6.07, 6.45) is 0.597. The Hall–Kier alpha value is -3.15. The van der Waals surface area contributed by atoms with Crippen LogP contribution >= 0.6 is 0 Å². The Morgan fingerprint density at radius 2 is 2.08 bits per heavy atom. The number of hydrogen-bond acceptors (Lipinski definition) is 4. The normalized spacial score (nSPS) is 16.3. The number of fused-ring (bicyclic) bond motifs is 3. The van der Waals surface area contributed by atoms with Gasteiger partial charge in [-0.1, -0.05) is 31.2 Å². The van der Waals surface area contributed by atoms with Crippen LogP contribution in [0, 0.1) is 5.82 Å². The van der Waals surface area contributed by atoms with Crippen LogP contribution in [-0.2, 0) is 9.53 Å². The van der Waals surface area contributed by atoms with Crippen LogP contribution < -0.4 is 5.32 Å². The number of nitrogens with one attached hydrogen (secondary N) is 1. The number of benzene rings is 2. The van der Waals surface area contributed by atoms with Crippen molar-refractivity contribution < 1.29 is 13.9 Å². The first-order valence-corrected chi connectivity index (χ1v) is 8.44. The van der Waals surface area contributed by atoms with Crippen molar-refractivity contribution in [3.63, 3.8) is 0 Å². The summed E-state index contributed by atoms with van der Waals surface area (Å²) in [5, 5.41) is 3.25. The minimum atomic E-state index is -0.517. The molecule has 0 fully saturated rings. The van der Waals surface area contributed by atoms with Crippen LogP contribution in [0.4, 0.5) is 10.3 Å². The van der Waals surface area contributed by atoms with Gasteiger partial charge in [-0.2, -0.15) is 0 Å². The SMILES string of the molecule is CCC1=C(C(=O)OC)C(c2cccc(F)c2)n2c(nc3ccccc32)N1. The van der Waals surface area contributed by atoms with E-state index < -0.39 is 12.0 Å². The van der Waals surface area contributed by atoms with Crippen molar-refractivity contribution in [3.8, 4) is 0 Å². The van der Waals surface area contributed by atoms with E-state index in [2.05, 4.69) is 10.3 Å². The maximum Gasteiger partial charge on any atom is 0.338 e. The molecule has 3 aromatic rings. The number of imidazole rings is 1. The van der Waals surface area contributed by atoms with Gasteiger partial charge in [0.25, 0.3) is 0 Å². The monoisotopic (exact) mass is 351 g/mol. The summed E-state index contributed by atoms with van der Waals surface area (Å²) in [4.78, 5) is 17.3. The molecule has 1 aromatic heterocycles. The fourth-order valence-electron chi connectivity index (χ4n) is 3.51. The topological polar surface area (TPSA) is 56.2 Å². The maximum atomic E-state index is 14.0. The summed E-state index contributed by atoms with van der Waals surface area (Å²) in [6, 6.07) is 13.5. The van der Waals surface area contributed by atoms with Gasteiger partial charge in [0.15, 0.2) is 0 Å². The Morgan fingerprint density at radius 3 is 2.81 bits per heavy atom. The molecule has 132 valence electrons. The lowest BCUT2D eigenvalue weighted by Gasteiger charge is -2.30. The van der Waals surface area contributed by atoms with Gasteiger partial charge in [0.2, 0.25) is 5.95 Å². The summed E-state index contributed by atoms with van der Waals surface area (Å²) in [7, 11) is 1.35. The average Bonchev–Trinajstić information content (AvgIpc) is 3.04. The number of nitrogens with zero attached hydrogens (tertiary/aromatic N) is 2. The quantitative estimate of drug-likeness (QED) is 0.724. The number of allylic oxidation sites excluding steroid dienone is 1. The number of aromatic nitrogens is 2. The van der Waals surface area contributed by atoms with Gasteiger partial charge in [0.05, 0.1) is 29.8 Å². The molecule has 1 N–H and O–H groups in total. The van der Waals surface area contributed by atoms with Crippen molar-refractivity contribution in [2.24, 2.45) is 0 Å². The van der Waals surface area contributed by atoms with E-state index in [4.69, 9.17) is 4.74 Å². The van der Waals surface area contributed by atoms with Gasteiger partial charge in [-0.25, -0.2) is 14.2 Å². The van der Waals surface area contributed by atoms with E-state index >= 15 is 0 Å². The first-order valence-electron chi connectivity index (χ1n) is 8.44. The fraction of sp³-hybridized carbons (Fsp3) is 0.200. The number of ether oxygens (including phenoxy) is 1. The van der Waals surface area contributed by atoms with Crippen LogP contribution in [0.15, 0.2) is 59.8 Å². The Bertz CT molecular complexity index is 1040. The number of carbonyl (C=O) groups is 1. The Labute approximate surface area is 150 Å². The first-order chi connectivity index (χ1) is 12.6. The zero-order chi connectivity index (χ0) is 18.3. The molecular formula is C20H18FN3O2. The summed E-state index contributed by atoms with van der Waals surface area (Å²) in [5.74, 6) is -0.161.